The van der Waals surface area contributed by atoms with E-state index in [2.05, 4.69) is 53.1 Å². The van der Waals surface area contributed by atoms with Crippen LogP contribution in [-0.4, -0.2) is 5.91 Å². The molecule has 0 radical (unpaired) electrons. The van der Waals surface area contributed by atoms with Crippen LogP contribution in [0.15, 0.2) is 51.4 Å². The van der Waals surface area contributed by atoms with E-state index in [0.717, 1.165) is 20.0 Å². The molecular weight excluding hydrogens is 438 g/mol. The Morgan fingerprint density at radius 2 is 1.74 bits per heavy atom. The van der Waals surface area contributed by atoms with Crippen LogP contribution in [-0.2, 0) is 5.33 Å². The number of rotatable bonds is 3. The summed E-state index contributed by atoms with van der Waals surface area (Å²) in [6.07, 6.45) is 0. The lowest BCUT2D eigenvalue weighted by molar-refractivity contribution is 0.102. The maximum Gasteiger partial charge on any atom is 0.256 e. The Hall–Kier alpha value is -0.650. The van der Waals surface area contributed by atoms with Crippen molar-refractivity contribution in [3.05, 3.63) is 62.5 Å². The number of carbonyl (C=O) groups is 1. The van der Waals surface area contributed by atoms with Gasteiger partial charge in [0.25, 0.3) is 5.91 Å². The molecule has 2 aromatic carbocycles. The molecule has 0 saturated carbocycles. The molecule has 0 aliphatic carbocycles. The highest BCUT2D eigenvalue weighted by atomic mass is 79.9. The van der Waals surface area contributed by atoms with Crippen LogP contribution in [0.25, 0.3) is 0 Å². The Morgan fingerprint density at radius 1 is 1.05 bits per heavy atom. The maximum atomic E-state index is 12.2. The van der Waals surface area contributed by atoms with Gasteiger partial charge in [0.1, 0.15) is 0 Å². The van der Waals surface area contributed by atoms with Crippen LogP contribution in [0.4, 0.5) is 5.69 Å². The zero-order valence-electron chi connectivity index (χ0n) is 9.79. The smallest absolute Gasteiger partial charge is 0.256 e. The van der Waals surface area contributed by atoms with Gasteiger partial charge in [-0.2, -0.15) is 0 Å². The Kier molecular flexibility index (Phi) is 5.19. The molecule has 2 nitrogen and oxygen atoms in total. The molecule has 2 rings (SSSR count). The van der Waals surface area contributed by atoms with E-state index in [-0.39, 0.29) is 5.91 Å². The van der Waals surface area contributed by atoms with Crippen LogP contribution >= 0.6 is 47.8 Å². The van der Waals surface area contributed by atoms with E-state index < -0.39 is 0 Å². The van der Waals surface area contributed by atoms with Gasteiger partial charge >= 0.3 is 0 Å². The highest BCUT2D eigenvalue weighted by molar-refractivity contribution is 9.11. The fourth-order valence-electron chi connectivity index (χ4n) is 1.55. The normalized spacial score (nSPS) is 10.3. The van der Waals surface area contributed by atoms with E-state index in [1.165, 1.54) is 5.56 Å². The van der Waals surface area contributed by atoms with E-state index in [1.54, 1.807) is 6.07 Å². The number of alkyl halides is 1. The number of benzene rings is 2. The number of amides is 1. The maximum absolute atomic E-state index is 12.2. The average Bonchev–Trinajstić information content (AvgIpc) is 2.42. The first kappa shape index (κ1) is 14.8. The number of anilines is 1. The molecule has 19 heavy (non-hydrogen) atoms. The molecule has 0 spiro atoms. The van der Waals surface area contributed by atoms with E-state index in [1.807, 2.05) is 36.4 Å². The first-order valence-corrected chi connectivity index (χ1v) is 8.22. The lowest BCUT2D eigenvalue weighted by Crippen LogP contribution is -2.12. The van der Waals surface area contributed by atoms with Gasteiger partial charge in [-0.1, -0.05) is 44.0 Å². The van der Waals surface area contributed by atoms with Crippen molar-refractivity contribution < 1.29 is 4.79 Å². The second-order valence-electron chi connectivity index (χ2n) is 3.91. The summed E-state index contributed by atoms with van der Waals surface area (Å²) in [5.74, 6) is -0.139. The largest absolute Gasteiger partial charge is 0.322 e. The highest BCUT2D eigenvalue weighted by Gasteiger charge is 2.10. The molecule has 0 aliphatic rings. The topological polar surface area (TPSA) is 29.1 Å². The third-order valence-corrected chi connectivity index (χ3v) is 4.37. The number of carbonyl (C=O) groups excluding carboxylic acids is 1. The summed E-state index contributed by atoms with van der Waals surface area (Å²) < 4.78 is 1.64. The Morgan fingerprint density at radius 3 is 2.37 bits per heavy atom. The SMILES string of the molecule is O=C(Nc1ccc(CBr)cc1)c1cc(Br)ccc1Br. The van der Waals surface area contributed by atoms with Crippen molar-refractivity contribution in [3.8, 4) is 0 Å². The molecule has 0 unspecified atom stereocenters. The van der Waals surface area contributed by atoms with Crippen LogP contribution in [0.3, 0.4) is 0 Å². The molecule has 0 aliphatic heterocycles. The number of hydrogen-bond acceptors (Lipinski definition) is 1. The minimum absolute atomic E-state index is 0.139. The molecule has 0 aromatic heterocycles. The third-order valence-electron chi connectivity index (χ3n) is 2.54. The Labute approximate surface area is 137 Å². The highest BCUT2D eigenvalue weighted by Crippen LogP contribution is 2.23. The molecule has 5 heteroatoms. The molecule has 2 aromatic rings. The third kappa shape index (κ3) is 3.91. The van der Waals surface area contributed by atoms with Crippen molar-refractivity contribution in [2.75, 3.05) is 5.32 Å². The van der Waals surface area contributed by atoms with Gasteiger partial charge in [0.2, 0.25) is 0 Å². The molecule has 0 bridgehead atoms. The predicted octanol–water partition coefficient (Wildman–Crippen LogP) is 5.36. The second-order valence-corrected chi connectivity index (χ2v) is 6.24. The van der Waals surface area contributed by atoms with Gasteiger partial charge in [-0.3, -0.25) is 4.79 Å². The fraction of sp³-hybridized carbons (Fsp3) is 0.0714. The van der Waals surface area contributed by atoms with Crippen molar-refractivity contribution in [1.82, 2.24) is 0 Å². The van der Waals surface area contributed by atoms with Gasteiger partial charge in [-0.15, -0.1) is 0 Å². The van der Waals surface area contributed by atoms with E-state index >= 15 is 0 Å². The van der Waals surface area contributed by atoms with E-state index in [4.69, 9.17) is 0 Å². The first-order valence-electron chi connectivity index (χ1n) is 5.51. The van der Waals surface area contributed by atoms with Crippen molar-refractivity contribution in [1.29, 1.82) is 0 Å². The minimum atomic E-state index is -0.139. The average molecular weight is 448 g/mol. The zero-order chi connectivity index (χ0) is 13.8. The van der Waals surface area contributed by atoms with Crippen LogP contribution in [0.1, 0.15) is 15.9 Å². The van der Waals surface area contributed by atoms with Gasteiger partial charge in [-0.05, 0) is 51.8 Å². The quantitative estimate of drug-likeness (QED) is 0.630. The predicted molar refractivity (Wildman–Crippen MR) is 88.9 cm³/mol. The van der Waals surface area contributed by atoms with E-state index in [0.29, 0.717) is 5.56 Å². The lowest BCUT2D eigenvalue weighted by Gasteiger charge is -2.08. The van der Waals surface area contributed by atoms with Crippen molar-refractivity contribution in [3.63, 3.8) is 0 Å². The summed E-state index contributed by atoms with van der Waals surface area (Å²) in [5, 5.41) is 3.68. The standard InChI is InChI=1S/C14H10Br3NO/c15-8-9-1-4-11(5-2-9)18-14(19)12-7-10(16)3-6-13(12)17/h1-7H,8H2,(H,18,19). The number of halogens is 3. The van der Waals surface area contributed by atoms with Gasteiger partial charge < -0.3 is 5.32 Å². The molecule has 1 N–H and O–H groups in total. The van der Waals surface area contributed by atoms with Crippen LogP contribution in [0, 0.1) is 0 Å². The van der Waals surface area contributed by atoms with Crippen molar-refractivity contribution >= 4 is 59.4 Å². The summed E-state index contributed by atoms with van der Waals surface area (Å²) >= 11 is 10.1. The number of hydrogen-bond donors (Lipinski definition) is 1. The van der Waals surface area contributed by atoms with Gasteiger partial charge in [-0.25, -0.2) is 0 Å². The summed E-state index contributed by atoms with van der Waals surface area (Å²) in [5.41, 5.74) is 2.54. The molecular formula is C14H10Br3NO. The first-order chi connectivity index (χ1) is 9.10. The van der Waals surface area contributed by atoms with Crippen LogP contribution in [0.2, 0.25) is 0 Å². The fourth-order valence-corrected chi connectivity index (χ4v) is 2.71. The second kappa shape index (κ2) is 6.68. The number of nitrogens with one attached hydrogen (secondary N) is 1. The summed E-state index contributed by atoms with van der Waals surface area (Å²) in [7, 11) is 0. The molecule has 0 fully saturated rings. The monoisotopic (exact) mass is 445 g/mol. The minimum Gasteiger partial charge on any atom is -0.322 e. The molecule has 1 amide bonds. The lowest BCUT2D eigenvalue weighted by atomic mass is 10.2. The summed E-state index contributed by atoms with van der Waals surface area (Å²) in [6.45, 7) is 0. The molecule has 0 saturated heterocycles. The van der Waals surface area contributed by atoms with Gasteiger partial charge in [0.05, 0.1) is 5.56 Å². The molecule has 98 valence electrons. The van der Waals surface area contributed by atoms with E-state index in [9.17, 15) is 4.79 Å². The summed E-state index contributed by atoms with van der Waals surface area (Å²) in [6, 6.07) is 13.2. The van der Waals surface area contributed by atoms with Crippen LogP contribution in [0.5, 0.6) is 0 Å². The van der Waals surface area contributed by atoms with Crippen LogP contribution < -0.4 is 5.32 Å². The zero-order valence-corrected chi connectivity index (χ0v) is 14.5. The molecule has 0 heterocycles. The van der Waals surface area contributed by atoms with Crippen molar-refractivity contribution in [2.24, 2.45) is 0 Å². The summed E-state index contributed by atoms with van der Waals surface area (Å²) in [4.78, 5) is 12.2. The van der Waals surface area contributed by atoms with Gasteiger partial charge in [0, 0.05) is 20.0 Å². The Bertz CT molecular complexity index is 596. The van der Waals surface area contributed by atoms with Gasteiger partial charge in [0.15, 0.2) is 0 Å². The van der Waals surface area contributed by atoms with Crippen molar-refractivity contribution in [2.45, 2.75) is 5.33 Å². The Balaban J connectivity index is 2.18. The molecule has 0 atom stereocenters.